The SMILES string of the molecule is CCc1ccc(C(O)C(=O)OC)cc1. The van der Waals surface area contributed by atoms with Crippen LogP contribution >= 0.6 is 0 Å². The largest absolute Gasteiger partial charge is 0.467 e. The van der Waals surface area contributed by atoms with Crippen LogP contribution in [0.25, 0.3) is 0 Å². The van der Waals surface area contributed by atoms with Gasteiger partial charge in [-0.05, 0) is 17.5 Å². The smallest absolute Gasteiger partial charge is 0.339 e. The van der Waals surface area contributed by atoms with Crippen molar-refractivity contribution in [3.63, 3.8) is 0 Å². The van der Waals surface area contributed by atoms with Gasteiger partial charge in [-0.15, -0.1) is 0 Å². The fourth-order valence-corrected chi connectivity index (χ4v) is 1.18. The highest BCUT2D eigenvalue weighted by Crippen LogP contribution is 2.15. The molecule has 76 valence electrons. The van der Waals surface area contributed by atoms with E-state index in [-0.39, 0.29) is 0 Å². The van der Waals surface area contributed by atoms with Crippen molar-refractivity contribution in [2.45, 2.75) is 19.4 Å². The summed E-state index contributed by atoms with van der Waals surface area (Å²) in [5.41, 5.74) is 1.74. The molecule has 0 saturated carbocycles. The first-order chi connectivity index (χ1) is 6.69. The van der Waals surface area contributed by atoms with E-state index >= 15 is 0 Å². The number of hydrogen-bond acceptors (Lipinski definition) is 3. The first-order valence-corrected chi connectivity index (χ1v) is 4.53. The van der Waals surface area contributed by atoms with Gasteiger partial charge in [-0.25, -0.2) is 4.79 Å². The van der Waals surface area contributed by atoms with Crippen molar-refractivity contribution in [2.75, 3.05) is 7.11 Å². The Morgan fingerprint density at radius 1 is 1.43 bits per heavy atom. The zero-order valence-electron chi connectivity index (χ0n) is 8.36. The average molecular weight is 194 g/mol. The van der Waals surface area contributed by atoms with E-state index in [1.165, 1.54) is 12.7 Å². The number of aliphatic hydroxyl groups excluding tert-OH is 1. The van der Waals surface area contributed by atoms with Crippen LogP contribution in [0.5, 0.6) is 0 Å². The van der Waals surface area contributed by atoms with Crippen molar-refractivity contribution in [3.8, 4) is 0 Å². The van der Waals surface area contributed by atoms with E-state index in [0.717, 1.165) is 6.42 Å². The Morgan fingerprint density at radius 2 is 2.00 bits per heavy atom. The molecule has 1 aromatic carbocycles. The summed E-state index contributed by atoms with van der Waals surface area (Å²) in [6.45, 7) is 2.05. The third-order valence-electron chi connectivity index (χ3n) is 2.13. The molecule has 0 bridgehead atoms. The Hall–Kier alpha value is -1.35. The molecule has 0 aliphatic carbocycles. The molecule has 0 heterocycles. The quantitative estimate of drug-likeness (QED) is 0.741. The summed E-state index contributed by atoms with van der Waals surface area (Å²) >= 11 is 0. The van der Waals surface area contributed by atoms with E-state index in [1.54, 1.807) is 12.1 Å². The summed E-state index contributed by atoms with van der Waals surface area (Å²) in [4.78, 5) is 11.0. The Bertz CT molecular complexity index is 303. The molecule has 0 fully saturated rings. The first kappa shape index (κ1) is 10.7. The normalized spacial score (nSPS) is 12.2. The first-order valence-electron chi connectivity index (χ1n) is 4.53. The number of aliphatic hydroxyl groups is 1. The molecule has 1 rings (SSSR count). The van der Waals surface area contributed by atoms with Crippen LogP contribution in [-0.4, -0.2) is 18.2 Å². The summed E-state index contributed by atoms with van der Waals surface area (Å²) in [5.74, 6) is -0.630. The van der Waals surface area contributed by atoms with Gasteiger partial charge in [0.25, 0.3) is 0 Å². The number of carbonyl (C=O) groups excluding carboxylic acids is 1. The van der Waals surface area contributed by atoms with Gasteiger partial charge in [-0.2, -0.15) is 0 Å². The predicted octanol–water partition coefficient (Wildman–Crippen LogP) is 1.46. The maximum atomic E-state index is 11.0. The van der Waals surface area contributed by atoms with Crippen LogP contribution in [-0.2, 0) is 16.0 Å². The van der Waals surface area contributed by atoms with Gasteiger partial charge < -0.3 is 9.84 Å². The van der Waals surface area contributed by atoms with Crippen LogP contribution in [0.3, 0.4) is 0 Å². The molecule has 3 nitrogen and oxygen atoms in total. The summed E-state index contributed by atoms with van der Waals surface area (Å²) in [6, 6.07) is 7.25. The van der Waals surface area contributed by atoms with Crippen molar-refractivity contribution in [1.82, 2.24) is 0 Å². The van der Waals surface area contributed by atoms with E-state index in [4.69, 9.17) is 0 Å². The minimum Gasteiger partial charge on any atom is -0.467 e. The number of methoxy groups -OCH3 is 1. The second-order valence-electron chi connectivity index (χ2n) is 3.02. The van der Waals surface area contributed by atoms with E-state index in [9.17, 15) is 9.90 Å². The van der Waals surface area contributed by atoms with Crippen LogP contribution in [0.4, 0.5) is 0 Å². The summed E-state index contributed by atoms with van der Waals surface area (Å²) in [7, 11) is 1.26. The lowest BCUT2D eigenvalue weighted by atomic mass is 10.1. The monoisotopic (exact) mass is 194 g/mol. The third kappa shape index (κ3) is 2.33. The number of benzene rings is 1. The molecule has 0 saturated heterocycles. The molecule has 0 spiro atoms. The zero-order chi connectivity index (χ0) is 10.6. The van der Waals surface area contributed by atoms with Crippen LogP contribution in [0, 0.1) is 0 Å². The topological polar surface area (TPSA) is 46.5 Å². The number of esters is 1. The van der Waals surface area contributed by atoms with Gasteiger partial charge in [0.05, 0.1) is 7.11 Å². The van der Waals surface area contributed by atoms with Crippen LogP contribution < -0.4 is 0 Å². The van der Waals surface area contributed by atoms with Crippen LogP contribution in [0.1, 0.15) is 24.2 Å². The average Bonchev–Trinajstić information content (AvgIpc) is 2.27. The summed E-state index contributed by atoms with van der Waals surface area (Å²) < 4.78 is 4.43. The van der Waals surface area contributed by atoms with Gasteiger partial charge in [0.15, 0.2) is 6.10 Å². The van der Waals surface area contributed by atoms with Crippen molar-refractivity contribution in [3.05, 3.63) is 35.4 Å². The molecule has 0 radical (unpaired) electrons. The number of carbonyl (C=O) groups is 1. The molecule has 1 atom stereocenters. The number of hydrogen-bond donors (Lipinski definition) is 1. The number of ether oxygens (including phenoxy) is 1. The van der Waals surface area contributed by atoms with Gasteiger partial charge in [0.1, 0.15) is 0 Å². The lowest BCUT2D eigenvalue weighted by Crippen LogP contribution is -2.13. The van der Waals surface area contributed by atoms with Gasteiger partial charge >= 0.3 is 5.97 Å². The molecule has 14 heavy (non-hydrogen) atoms. The standard InChI is InChI=1S/C11H14O3/c1-3-8-4-6-9(7-5-8)10(12)11(13)14-2/h4-7,10,12H,3H2,1-2H3. The molecule has 0 aliphatic rings. The predicted molar refractivity (Wildman–Crippen MR) is 52.8 cm³/mol. The molecule has 0 aromatic heterocycles. The third-order valence-corrected chi connectivity index (χ3v) is 2.13. The van der Waals surface area contributed by atoms with E-state index in [0.29, 0.717) is 5.56 Å². The van der Waals surface area contributed by atoms with Gasteiger partial charge in [0.2, 0.25) is 0 Å². The Balaban J connectivity index is 2.81. The molecular formula is C11H14O3. The fraction of sp³-hybridized carbons (Fsp3) is 0.364. The van der Waals surface area contributed by atoms with Crippen LogP contribution in [0.2, 0.25) is 0 Å². The minimum atomic E-state index is -1.18. The molecular weight excluding hydrogens is 180 g/mol. The lowest BCUT2D eigenvalue weighted by Gasteiger charge is -2.08. The molecule has 3 heteroatoms. The van der Waals surface area contributed by atoms with Gasteiger partial charge in [-0.3, -0.25) is 0 Å². The Morgan fingerprint density at radius 3 is 2.43 bits per heavy atom. The van der Waals surface area contributed by atoms with E-state index < -0.39 is 12.1 Å². The van der Waals surface area contributed by atoms with Gasteiger partial charge in [-0.1, -0.05) is 31.2 Å². The van der Waals surface area contributed by atoms with Crippen molar-refractivity contribution in [1.29, 1.82) is 0 Å². The maximum absolute atomic E-state index is 11.0. The Kier molecular flexibility index (Phi) is 3.65. The Labute approximate surface area is 83.3 Å². The number of aryl methyl sites for hydroxylation is 1. The molecule has 1 N–H and O–H groups in total. The van der Waals surface area contributed by atoms with Crippen LogP contribution in [0.15, 0.2) is 24.3 Å². The summed E-state index contributed by atoms with van der Waals surface area (Å²) in [5, 5.41) is 9.48. The van der Waals surface area contributed by atoms with Gasteiger partial charge in [0, 0.05) is 0 Å². The second kappa shape index (κ2) is 4.77. The minimum absolute atomic E-state index is 0.564. The number of rotatable bonds is 3. The van der Waals surface area contributed by atoms with Crippen molar-refractivity contribution in [2.24, 2.45) is 0 Å². The van der Waals surface area contributed by atoms with Crippen molar-refractivity contribution < 1.29 is 14.6 Å². The highest BCUT2D eigenvalue weighted by molar-refractivity contribution is 5.76. The maximum Gasteiger partial charge on any atom is 0.339 e. The lowest BCUT2D eigenvalue weighted by molar-refractivity contribution is -0.150. The fourth-order valence-electron chi connectivity index (χ4n) is 1.18. The van der Waals surface area contributed by atoms with E-state index in [2.05, 4.69) is 4.74 Å². The highest BCUT2D eigenvalue weighted by Gasteiger charge is 2.16. The molecule has 1 aromatic rings. The molecule has 1 unspecified atom stereocenters. The second-order valence-corrected chi connectivity index (χ2v) is 3.02. The van der Waals surface area contributed by atoms with E-state index in [1.807, 2.05) is 19.1 Å². The highest BCUT2D eigenvalue weighted by atomic mass is 16.5. The molecule has 0 amide bonds. The van der Waals surface area contributed by atoms with Crippen molar-refractivity contribution >= 4 is 5.97 Å². The zero-order valence-corrected chi connectivity index (χ0v) is 8.36. The molecule has 0 aliphatic heterocycles. The summed E-state index contributed by atoms with van der Waals surface area (Å²) in [6.07, 6.45) is -0.236.